The van der Waals surface area contributed by atoms with Crippen LogP contribution in [0.4, 0.5) is 4.39 Å². The average Bonchev–Trinajstić information content (AvgIpc) is 3.79. The first-order valence-corrected chi connectivity index (χ1v) is 13.0. The Morgan fingerprint density at radius 3 is 2.76 bits per heavy atom. The number of fused-ring (bicyclic) bond motifs is 2. The summed E-state index contributed by atoms with van der Waals surface area (Å²) in [5.41, 5.74) is 7.55. The number of primary amides is 1. The molecule has 2 N–H and O–H groups in total. The minimum atomic E-state index is -0.664. The number of halogens is 2. The van der Waals surface area contributed by atoms with Gasteiger partial charge in [-0.15, -0.1) is 0 Å². The number of benzene rings is 1. The van der Waals surface area contributed by atoms with Crippen molar-refractivity contribution in [1.29, 1.82) is 0 Å². The Morgan fingerprint density at radius 2 is 2.03 bits per heavy atom. The van der Waals surface area contributed by atoms with E-state index in [1.54, 1.807) is 30.2 Å². The molecule has 2 aliphatic carbocycles. The fraction of sp³-hybridized carbons (Fsp3) is 0.444. The Labute approximate surface area is 218 Å². The van der Waals surface area contributed by atoms with E-state index < -0.39 is 17.8 Å². The van der Waals surface area contributed by atoms with Gasteiger partial charge in [-0.3, -0.25) is 24.0 Å². The van der Waals surface area contributed by atoms with Crippen LogP contribution in [0, 0.1) is 11.7 Å². The second kappa shape index (κ2) is 8.90. The average molecular weight is 524 g/mol. The highest BCUT2D eigenvalue weighted by atomic mass is 35.5. The molecular weight excluding hydrogens is 497 g/mol. The van der Waals surface area contributed by atoms with Gasteiger partial charge in [-0.2, -0.15) is 5.10 Å². The normalized spacial score (nSPS) is 23.2. The van der Waals surface area contributed by atoms with E-state index in [0.717, 1.165) is 25.0 Å². The molecule has 37 heavy (non-hydrogen) atoms. The lowest BCUT2D eigenvalue weighted by atomic mass is 9.91. The minimum absolute atomic E-state index is 0.0243. The smallest absolute Gasteiger partial charge is 0.269 e. The summed E-state index contributed by atoms with van der Waals surface area (Å²) in [6.45, 7) is 1.67. The van der Waals surface area contributed by atoms with Gasteiger partial charge in [-0.05, 0) is 55.2 Å². The van der Waals surface area contributed by atoms with Crippen LogP contribution in [0.15, 0.2) is 30.5 Å². The van der Waals surface area contributed by atoms with Gasteiger partial charge in [0.05, 0.1) is 22.8 Å². The number of hydrogen-bond donors (Lipinski definition) is 1. The van der Waals surface area contributed by atoms with E-state index in [4.69, 9.17) is 17.3 Å². The first kappa shape index (κ1) is 24.0. The molecule has 0 spiro atoms. The van der Waals surface area contributed by atoms with E-state index in [9.17, 15) is 18.8 Å². The van der Waals surface area contributed by atoms with Gasteiger partial charge >= 0.3 is 0 Å². The van der Waals surface area contributed by atoms with Gasteiger partial charge in [-0.1, -0.05) is 30.7 Å². The molecule has 3 aromatic rings. The summed E-state index contributed by atoms with van der Waals surface area (Å²) in [5.74, 6) is -1.19. The van der Waals surface area contributed by atoms with Crippen LogP contribution >= 0.6 is 11.6 Å². The van der Waals surface area contributed by atoms with Gasteiger partial charge in [0.15, 0.2) is 11.5 Å². The molecule has 3 fully saturated rings. The molecule has 3 aliphatic rings. The van der Waals surface area contributed by atoms with Crippen LogP contribution in [0.2, 0.25) is 5.02 Å². The lowest BCUT2D eigenvalue weighted by Crippen LogP contribution is -2.45. The number of hydrogen-bond acceptors (Lipinski definition) is 5. The van der Waals surface area contributed by atoms with Crippen molar-refractivity contribution >= 4 is 40.1 Å². The van der Waals surface area contributed by atoms with Gasteiger partial charge in [0.1, 0.15) is 12.4 Å². The molecule has 1 aliphatic heterocycles. The zero-order valence-corrected chi connectivity index (χ0v) is 21.1. The number of nitrogens with zero attached hydrogens (tertiary/aromatic N) is 4. The van der Waals surface area contributed by atoms with E-state index in [1.807, 2.05) is 6.07 Å². The molecule has 192 valence electrons. The molecule has 1 aromatic carbocycles. The number of piperidine rings is 1. The van der Waals surface area contributed by atoms with E-state index in [1.165, 1.54) is 10.7 Å². The molecule has 8 nitrogen and oxygen atoms in total. The monoisotopic (exact) mass is 523 g/mol. The molecule has 0 unspecified atom stereocenters. The van der Waals surface area contributed by atoms with Crippen molar-refractivity contribution in [1.82, 2.24) is 19.7 Å². The second-order valence-corrected chi connectivity index (χ2v) is 11.0. The number of carbonyl (C=O) groups excluding carboxylic acids is 3. The number of aromatic nitrogens is 3. The highest BCUT2D eigenvalue weighted by Crippen LogP contribution is 2.49. The van der Waals surface area contributed by atoms with Crippen molar-refractivity contribution in [2.75, 3.05) is 0 Å². The Balaban J connectivity index is 1.22. The fourth-order valence-electron chi connectivity index (χ4n) is 5.75. The van der Waals surface area contributed by atoms with Gasteiger partial charge in [0.25, 0.3) is 5.91 Å². The zero-order chi connectivity index (χ0) is 26.0. The SMILES string of the molecule is C[C@@H](CC(=O)[C@@H]1C[C@H]2C[C@H]2N1C(=O)Cn1nc(C(N)=O)c2cc(C3CC3)ncc21)c1cccc(Cl)c1F. The van der Waals surface area contributed by atoms with Gasteiger partial charge in [0, 0.05) is 29.5 Å². The Kier molecular flexibility index (Phi) is 5.78. The first-order chi connectivity index (χ1) is 17.7. The standard InChI is InChI=1S/C27H27ClFN5O3/c1-13(16-3-2-4-18(28)25(16)29)7-23(35)21-9-15-8-20(15)34(21)24(36)12-33-22-11-31-19(14-5-6-14)10-17(22)26(32-33)27(30)37/h2-4,10-11,13-15,20-21H,5-9,12H2,1H3,(H2,30,37)/t13-,15+,20+,21-/m0/s1. The van der Waals surface area contributed by atoms with Gasteiger partial charge in [0.2, 0.25) is 5.91 Å². The summed E-state index contributed by atoms with van der Waals surface area (Å²) in [4.78, 5) is 45.1. The fourth-order valence-corrected chi connectivity index (χ4v) is 5.94. The third-order valence-corrected chi connectivity index (χ3v) is 8.25. The van der Waals surface area contributed by atoms with Gasteiger partial charge in [-0.25, -0.2) is 4.39 Å². The van der Waals surface area contributed by atoms with E-state index in [-0.39, 0.29) is 47.3 Å². The summed E-state index contributed by atoms with van der Waals surface area (Å²) < 4.78 is 16.0. The number of nitrogens with two attached hydrogens (primary N) is 1. The highest BCUT2D eigenvalue weighted by Gasteiger charge is 2.55. The number of amides is 2. The van der Waals surface area contributed by atoms with Crippen molar-refractivity contribution in [3.8, 4) is 0 Å². The summed E-state index contributed by atoms with van der Waals surface area (Å²) >= 11 is 5.92. The number of Topliss-reactive ketones (excluding diaryl/α,β-unsaturated/α-hetero) is 1. The lowest BCUT2D eigenvalue weighted by molar-refractivity contribution is -0.139. The predicted molar refractivity (Wildman–Crippen MR) is 135 cm³/mol. The topological polar surface area (TPSA) is 111 Å². The third-order valence-electron chi connectivity index (χ3n) is 7.96. The molecule has 4 atom stereocenters. The van der Waals surface area contributed by atoms with Crippen LogP contribution in [-0.4, -0.2) is 49.3 Å². The van der Waals surface area contributed by atoms with Crippen molar-refractivity contribution < 1.29 is 18.8 Å². The molecular formula is C27H27ClFN5O3. The summed E-state index contributed by atoms with van der Waals surface area (Å²) in [5, 5.41) is 4.97. The predicted octanol–water partition coefficient (Wildman–Crippen LogP) is 3.95. The number of likely N-dealkylation sites (tertiary alicyclic amines) is 1. The summed E-state index contributed by atoms with van der Waals surface area (Å²) in [7, 11) is 0. The van der Waals surface area contributed by atoms with Crippen LogP contribution in [0.1, 0.15) is 72.6 Å². The number of carbonyl (C=O) groups is 3. The number of rotatable bonds is 8. The molecule has 6 rings (SSSR count). The largest absolute Gasteiger partial charge is 0.364 e. The highest BCUT2D eigenvalue weighted by molar-refractivity contribution is 6.30. The molecule has 1 saturated heterocycles. The van der Waals surface area contributed by atoms with Crippen molar-refractivity contribution in [3.05, 3.63) is 58.3 Å². The van der Waals surface area contributed by atoms with Crippen LogP contribution < -0.4 is 5.73 Å². The Morgan fingerprint density at radius 1 is 1.24 bits per heavy atom. The van der Waals surface area contributed by atoms with Crippen LogP contribution in [0.5, 0.6) is 0 Å². The minimum Gasteiger partial charge on any atom is -0.364 e. The van der Waals surface area contributed by atoms with Crippen LogP contribution in [-0.2, 0) is 16.1 Å². The Hall–Kier alpha value is -3.33. The second-order valence-electron chi connectivity index (χ2n) is 10.6. The molecule has 3 heterocycles. The zero-order valence-electron chi connectivity index (χ0n) is 20.4. The molecule has 10 heteroatoms. The van der Waals surface area contributed by atoms with Crippen molar-refractivity contribution in [3.63, 3.8) is 0 Å². The molecule has 0 radical (unpaired) electrons. The molecule has 2 aromatic heterocycles. The first-order valence-electron chi connectivity index (χ1n) is 12.7. The van der Waals surface area contributed by atoms with Crippen molar-refractivity contribution in [2.45, 2.75) is 69.5 Å². The molecule has 2 amide bonds. The number of pyridine rings is 1. The quantitative estimate of drug-likeness (QED) is 0.480. The van der Waals surface area contributed by atoms with Crippen LogP contribution in [0.3, 0.4) is 0 Å². The summed E-state index contributed by atoms with van der Waals surface area (Å²) in [6, 6.07) is 6.09. The van der Waals surface area contributed by atoms with E-state index >= 15 is 0 Å². The van der Waals surface area contributed by atoms with Crippen molar-refractivity contribution in [2.24, 2.45) is 11.7 Å². The number of ketones is 1. The van der Waals surface area contributed by atoms with Crippen LogP contribution in [0.25, 0.3) is 10.9 Å². The maximum atomic E-state index is 14.5. The van der Waals surface area contributed by atoms with E-state index in [2.05, 4.69) is 10.1 Å². The molecule has 2 saturated carbocycles. The third kappa shape index (κ3) is 4.29. The Bertz CT molecular complexity index is 1450. The lowest BCUT2D eigenvalue weighted by Gasteiger charge is -2.28. The van der Waals surface area contributed by atoms with E-state index in [0.29, 0.717) is 34.7 Å². The molecule has 0 bridgehead atoms. The maximum Gasteiger partial charge on any atom is 0.269 e. The maximum absolute atomic E-state index is 14.5. The van der Waals surface area contributed by atoms with Gasteiger partial charge < -0.3 is 10.6 Å². The summed E-state index contributed by atoms with van der Waals surface area (Å²) in [6.07, 6.45) is 5.35.